The highest BCUT2D eigenvalue weighted by atomic mass is 32.2. The fourth-order valence-corrected chi connectivity index (χ4v) is 5.93. The van der Waals surface area contributed by atoms with Crippen LogP contribution in [0.4, 0.5) is 0 Å². The van der Waals surface area contributed by atoms with Crippen LogP contribution in [0.15, 0.2) is 107 Å². The van der Waals surface area contributed by atoms with E-state index in [2.05, 4.69) is 11.9 Å². The molecule has 3 aromatic carbocycles. The Bertz CT molecular complexity index is 1490. The Labute approximate surface area is 244 Å². The Morgan fingerprint density at radius 2 is 1.67 bits per heavy atom. The molecule has 0 radical (unpaired) electrons. The van der Waals surface area contributed by atoms with Gasteiger partial charge >= 0.3 is 0 Å². The summed E-state index contributed by atoms with van der Waals surface area (Å²) in [5.74, 6) is -0.697. The molecule has 0 aliphatic carbocycles. The maximum Gasteiger partial charge on any atom is 0.256 e. The molecule has 0 fully saturated rings. The molecule has 11 heteroatoms. The van der Waals surface area contributed by atoms with E-state index in [0.717, 1.165) is 0 Å². The van der Waals surface area contributed by atoms with Crippen molar-refractivity contribution < 1.29 is 38.0 Å². The molecule has 1 heterocycles. The van der Waals surface area contributed by atoms with Crippen LogP contribution in [0.1, 0.15) is 23.7 Å². The quantitative estimate of drug-likeness (QED) is 0.164. The molecule has 0 spiro atoms. The van der Waals surface area contributed by atoms with E-state index in [0.29, 0.717) is 29.9 Å². The number of benzene rings is 3. The Morgan fingerprint density at radius 3 is 2.29 bits per heavy atom. The van der Waals surface area contributed by atoms with Crippen LogP contribution < -0.4 is 10.1 Å². The Morgan fingerprint density at radius 1 is 1.02 bits per heavy atom. The number of ether oxygens (including phenoxy) is 2. The number of rotatable bonds is 14. The summed E-state index contributed by atoms with van der Waals surface area (Å²) in [7, 11) is -3.94. The van der Waals surface area contributed by atoms with E-state index in [1.807, 2.05) is 0 Å². The van der Waals surface area contributed by atoms with E-state index in [1.165, 1.54) is 12.1 Å². The van der Waals surface area contributed by atoms with Gasteiger partial charge in [0.25, 0.3) is 5.91 Å². The molecule has 0 saturated heterocycles. The number of nitrogens with one attached hydrogen (secondary N) is 1. The summed E-state index contributed by atoms with van der Waals surface area (Å²) in [6.45, 7) is 3.52. The minimum absolute atomic E-state index is 0.00691. The second-order valence-corrected chi connectivity index (χ2v) is 11.8. The molecule has 1 aliphatic rings. The first-order valence-electron chi connectivity index (χ1n) is 13.4. The zero-order chi connectivity index (χ0) is 30.2. The second-order valence-electron chi connectivity index (χ2n) is 9.76. The van der Waals surface area contributed by atoms with Gasteiger partial charge in [-0.1, -0.05) is 55.1 Å². The van der Waals surface area contributed by atoms with Crippen LogP contribution in [0.2, 0.25) is 0 Å². The van der Waals surface area contributed by atoms with Crippen molar-refractivity contribution in [1.82, 2.24) is 5.32 Å². The van der Waals surface area contributed by atoms with Crippen LogP contribution in [0.5, 0.6) is 5.75 Å². The van der Waals surface area contributed by atoms with Gasteiger partial charge in [-0.15, -0.1) is 0 Å². The van der Waals surface area contributed by atoms with Crippen LogP contribution in [-0.4, -0.2) is 79.3 Å². The molecule has 42 heavy (non-hydrogen) atoms. The molecule has 3 aromatic rings. The number of hydrogen-bond acceptors (Lipinski definition) is 9. The van der Waals surface area contributed by atoms with Crippen LogP contribution in [0.25, 0.3) is 0 Å². The highest BCUT2D eigenvalue weighted by molar-refractivity contribution is 7.91. The summed E-state index contributed by atoms with van der Waals surface area (Å²) < 4.78 is 38.8. The molecule has 3 unspecified atom stereocenters. The molecular formula is C31H34N2O8S. The summed E-state index contributed by atoms with van der Waals surface area (Å²) in [6, 6.07) is 23.4. The van der Waals surface area contributed by atoms with Gasteiger partial charge in [0, 0.05) is 25.1 Å². The summed E-state index contributed by atoms with van der Waals surface area (Å²) in [6.07, 6.45) is -1.86. The molecule has 1 amide bonds. The molecule has 1 aliphatic heterocycles. The third kappa shape index (κ3) is 6.88. The molecule has 222 valence electrons. The minimum Gasteiger partial charge on any atom is -0.494 e. The molecule has 0 saturated carbocycles. The molecular weight excluding hydrogens is 560 g/mol. The van der Waals surface area contributed by atoms with E-state index >= 15 is 0 Å². The molecule has 4 N–H and O–H groups in total. The molecule has 0 aromatic heterocycles. The number of carbonyl (C=O) groups excluding carboxylic acids is 1. The standard InChI is InChI=1S/C31H34N2O8S/c1-22(21-42(38,39)27-11-6-3-7-12-27)31(30(37)32-19-25(36)20-35)28(23-9-4-2-5-10-23)41-29(33-31)24-13-15-26(16-14-24)40-18-8-17-34/h2-7,9-16,25,28,34-36H,1,8,17-21H2,(H,32,37). The number of hydrogen-bond donors (Lipinski definition) is 4. The lowest BCUT2D eigenvalue weighted by Gasteiger charge is -2.32. The number of amides is 1. The number of aliphatic imine (C=N–C) groups is 1. The highest BCUT2D eigenvalue weighted by Gasteiger charge is 2.56. The van der Waals surface area contributed by atoms with E-state index in [4.69, 9.17) is 19.6 Å². The van der Waals surface area contributed by atoms with Crippen LogP contribution in [0.3, 0.4) is 0 Å². The first kappa shape index (κ1) is 30.9. The SMILES string of the molecule is C=C(CS(=O)(=O)c1ccccc1)C1(C(=O)NCC(O)CO)N=C(c2ccc(OCCCO)cc2)OC1c1ccccc1. The van der Waals surface area contributed by atoms with E-state index in [1.54, 1.807) is 72.8 Å². The van der Waals surface area contributed by atoms with Crippen molar-refractivity contribution >= 4 is 21.6 Å². The van der Waals surface area contributed by atoms with Gasteiger partial charge in [-0.25, -0.2) is 13.4 Å². The third-order valence-electron chi connectivity index (χ3n) is 6.72. The van der Waals surface area contributed by atoms with Gasteiger partial charge in [-0.2, -0.15) is 0 Å². The predicted molar refractivity (Wildman–Crippen MR) is 157 cm³/mol. The van der Waals surface area contributed by atoms with Gasteiger partial charge in [0.05, 0.1) is 30.0 Å². The van der Waals surface area contributed by atoms with Crippen molar-refractivity contribution in [2.24, 2.45) is 4.99 Å². The van der Waals surface area contributed by atoms with Gasteiger partial charge in [-0.3, -0.25) is 4.79 Å². The Balaban J connectivity index is 1.79. The van der Waals surface area contributed by atoms with Crippen molar-refractivity contribution in [1.29, 1.82) is 0 Å². The first-order chi connectivity index (χ1) is 20.2. The number of nitrogens with zero attached hydrogens (tertiary/aromatic N) is 1. The van der Waals surface area contributed by atoms with E-state index < -0.39 is 45.9 Å². The number of aliphatic hydroxyl groups excluding tert-OH is 3. The Kier molecular flexibility index (Phi) is 10.1. The van der Waals surface area contributed by atoms with Gasteiger partial charge in [0.2, 0.25) is 11.4 Å². The van der Waals surface area contributed by atoms with Crippen LogP contribution in [-0.2, 0) is 19.4 Å². The fraction of sp³-hybridized carbons (Fsp3) is 0.290. The molecule has 3 atom stereocenters. The summed E-state index contributed by atoms with van der Waals surface area (Å²) >= 11 is 0. The summed E-state index contributed by atoms with van der Waals surface area (Å²) in [4.78, 5) is 18.8. The van der Waals surface area contributed by atoms with Gasteiger partial charge in [0.1, 0.15) is 5.75 Å². The van der Waals surface area contributed by atoms with Crippen molar-refractivity contribution in [3.05, 3.63) is 108 Å². The normalized spacial score (nSPS) is 18.9. The van der Waals surface area contributed by atoms with Crippen LogP contribution in [0, 0.1) is 0 Å². The van der Waals surface area contributed by atoms with Crippen LogP contribution >= 0.6 is 0 Å². The van der Waals surface area contributed by atoms with Gasteiger partial charge in [0.15, 0.2) is 15.9 Å². The topological polar surface area (TPSA) is 155 Å². The van der Waals surface area contributed by atoms with Crippen molar-refractivity contribution in [3.8, 4) is 5.75 Å². The highest BCUT2D eigenvalue weighted by Crippen LogP contribution is 2.45. The predicted octanol–water partition coefficient (Wildman–Crippen LogP) is 2.20. The van der Waals surface area contributed by atoms with E-state index in [9.17, 15) is 23.4 Å². The monoisotopic (exact) mass is 594 g/mol. The number of carbonyl (C=O) groups is 1. The van der Waals surface area contributed by atoms with E-state index in [-0.39, 0.29) is 29.5 Å². The third-order valence-corrected chi connectivity index (χ3v) is 8.44. The maximum atomic E-state index is 14.0. The summed E-state index contributed by atoms with van der Waals surface area (Å²) in [5.41, 5.74) is -0.912. The maximum absolute atomic E-state index is 14.0. The summed E-state index contributed by atoms with van der Waals surface area (Å²) in [5, 5.41) is 30.8. The first-order valence-corrected chi connectivity index (χ1v) is 15.1. The fourth-order valence-electron chi connectivity index (χ4n) is 4.52. The smallest absolute Gasteiger partial charge is 0.256 e. The zero-order valence-corrected chi connectivity index (χ0v) is 23.7. The van der Waals surface area contributed by atoms with Crippen molar-refractivity contribution in [3.63, 3.8) is 0 Å². The average Bonchev–Trinajstić information content (AvgIpc) is 3.43. The largest absolute Gasteiger partial charge is 0.494 e. The van der Waals surface area contributed by atoms with Crippen molar-refractivity contribution in [2.45, 2.75) is 29.1 Å². The van der Waals surface area contributed by atoms with Gasteiger partial charge in [-0.05, 0) is 47.5 Å². The average molecular weight is 595 g/mol. The minimum atomic E-state index is -3.94. The molecule has 0 bridgehead atoms. The van der Waals surface area contributed by atoms with Crippen molar-refractivity contribution in [2.75, 3.05) is 32.1 Å². The molecule has 4 rings (SSSR count). The zero-order valence-electron chi connectivity index (χ0n) is 22.9. The van der Waals surface area contributed by atoms with Gasteiger partial charge < -0.3 is 30.1 Å². The molecule has 10 nitrogen and oxygen atoms in total. The lowest BCUT2D eigenvalue weighted by molar-refractivity contribution is -0.127. The second kappa shape index (κ2) is 13.8. The Hall–Kier alpha value is -4.03. The lowest BCUT2D eigenvalue weighted by atomic mass is 9.82. The number of sulfone groups is 1. The number of aliphatic hydroxyl groups is 3. The lowest BCUT2D eigenvalue weighted by Crippen LogP contribution is -2.52.